The van der Waals surface area contributed by atoms with Gasteiger partial charge >= 0.3 is 0 Å². The van der Waals surface area contributed by atoms with Gasteiger partial charge in [0.2, 0.25) is 5.91 Å². The van der Waals surface area contributed by atoms with Gasteiger partial charge in [-0.15, -0.1) is 0 Å². The maximum atomic E-state index is 12.5. The molecule has 1 aromatic heterocycles. The van der Waals surface area contributed by atoms with E-state index >= 15 is 0 Å². The molecule has 2 heterocycles. The number of amides is 1. The molecule has 2 aromatic rings. The highest BCUT2D eigenvalue weighted by atomic mass is 32.2. The Morgan fingerprint density at radius 2 is 2.19 bits per heavy atom. The van der Waals surface area contributed by atoms with Gasteiger partial charge in [-0.25, -0.2) is 4.98 Å². The van der Waals surface area contributed by atoms with Crippen molar-refractivity contribution in [2.45, 2.75) is 44.3 Å². The molecule has 0 saturated carbocycles. The van der Waals surface area contributed by atoms with Gasteiger partial charge in [0.25, 0.3) is 5.56 Å². The number of fused-ring (bicyclic) bond motifs is 1. The minimum Gasteiger partial charge on any atom is -0.492 e. The Morgan fingerprint density at radius 1 is 1.42 bits per heavy atom. The molecule has 1 aromatic carbocycles. The SMILES string of the molecule is CCOc1ccccc1NC(=O)CC1CSc2nc(C(C)C)cc(=O)n21. The van der Waals surface area contributed by atoms with Crippen LogP contribution in [0.2, 0.25) is 0 Å². The van der Waals surface area contributed by atoms with Crippen LogP contribution in [0.25, 0.3) is 0 Å². The number of carbonyl (C=O) groups is 1. The number of aromatic nitrogens is 2. The van der Waals surface area contributed by atoms with Crippen molar-refractivity contribution >= 4 is 23.4 Å². The lowest BCUT2D eigenvalue weighted by Crippen LogP contribution is -2.28. The smallest absolute Gasteiger partial charge is 0.254 e. The molecular formula is C19H23N3O3S. The third kappa shape index (κ3) is 3.93. The highest BCUT2D eigenvalue weighted by molar-refractivity contribution is 7.99. The molecule has 0 bridgehead atoms. The molecular weight excluding hydrogens is 350 g/mol. The Hall–Kier alpha value is -2.28. The van der Waals surface area contributed by atoms with E-state index in [1.165, 1.54) is 11.8 Å². The zero-order chi connectivity index (χ0) is 18.7. The van der Waals surface area contributed by atoms with Crippen molar-refractivity contribution < 1.29 is 9.53 Å². The average molecular weight is 373 g/mol. The van der Waals surface area contributed by atoms with Crippen molar-refractivity contribution in [3.05, 3.63) is 46.4 Å². The van der Waals surface area contributed by atoms with E-state index in [9.17, 15) is 9.59 Å². The number of rotatable bonds is 6. The average Bonchev–Trinajstić information content (AvgIpc) is 3.00. The van der Waals surface area contributed by atoms with Gasteiger partial charge in [0.1, 0.15) is 5.75 Å². The van der Waals surface area contributed by atoms with E-state index in [1.54, 1.807) is 10.6 Å². The number of thioether (sulfide) groups is 1. The second-order valence-electron chi connectivity index (χ2n) is 6.47. The number of hydrogen-bond acceptors (Lipinski definition) is 5. The van der Waals surface area contributed by atoms with Crippen LogP contribution in [-0.2, 0) is 4.79 Å². The van der Waals surface area contributed by atoms with Crippen molar-refractivity contribution in [2.75, 3.05) is 17.7 Å². The van der Waals surface area contributed by atoms with Crippen LogP contribution in [0.4, 0.5) is 5.69 Å². The third-order valence-electron chi connectivity index (χ3n) is 4.18. The maximum Gasteiger partial charge on any atom is 0.254 e. The minimum absolute atomic E-state index is 0.0868. The van der Waals surface area contributed by atoms with Crippen molar-refractivity contribution in [2.24, 2.45) is 0 Å². The summed E-state index contributed by atoms with van der Waals surface area (Å²) in [6.45, 7) is 6.45. The Labute approximate surface area is 157 Å². The molecule has 1 unspecified atom stereocenters. The van der Waals surface area contributed by atoms with Crippen LogP contribution in [0, 0.1) is 0 Å². The van der Waals surface area contributed by atoms with Crippen LogP contribution in [0.3, 0.4) is 0 Å². The maximum absolute atomic E-state index is 12.5. The zero-order valence-corrected chi connectivity index (χ0v) is 16.0. The molecule has 1 amide bonds. The molecule has 0 spiro atoms. The molecule has 3 rings (SSSR count). The second-order valence-corrected chi connectivity index (χ2v) is 7.46. The molecule has 6 nitrogen and oxygen atoms in total. The largest absolute Gasteiger partial charge is 0.492 e. The first-order chi connectivity index (χ1) is 12.5. The van der Waals surface area contributed by atoms with Crippen molar-refractivity contribution in [1.82, 2.24) is 9.55 Å². The summed E-state index contributed by atoms with van der Waals surface area (Å²) in [5, 5.41) is 3.60. The number of hydrogen-bond donors (Lipinski definition) is 1. The summed E-state index contributed by atoms with van der Waals surface area (Å²) in [6, 6.07) is 8.73. The Morgan fingerprint density at radius 3 is 2.92 bits per heavy atom. The van der Waals surface area contributed by atoms with Gasteiger partial charge < -0.3 is 10.1 Å². The van der Waals surface area contributed by atoms with Crippen LogP contribution in [0.15, 0.2) is 40.3 Å². The van der Waals surface area contributed by atoms with Crippen LogP contribution < -0.4 is 15.6 Å². The number of carbonyl (C=O) groups excluding carboxylic acids is 1. The van der Waals surface area contributed by atoms with Crippen LogP contribution in [-0.4, -0.2) is 27.8 Å². The lowest BCUT2D eigenvalue weighted by atomic mass is 10.1. The fourth-order valence-corrected chi connectivity index (χ4v) is 4.04. The van der Waals surface area contributed by atoms with E-state index in [4.69, 9.17) is 4.74 Å². The zero-order valence-electron chi connectivity index (χ0n) is 15.2. The standard InChI is InChI=1S/C19H23N3O3S/c1-4-25-16-8-6-5-7-14(16)20-17(23)9-13-11-26-19-21-15(12(2)3)10-18(24)22(13)19/h5-8,10,12-13H,4,9,11H2,1-3H3,(H,20,23). The number of anilines is 1. The molecule has 0 saturated heterocycles. The quantitative estimate of drug-likeness (QED) is 0.785. The summed E-state index contributed by atoms with van der Waals surface area (Å²) in [7, 11) is 0. The number of nitrogens with one attached hydrogen (secondary N) is 1. The van der Waals surface area contributed by atoms with E-state index in [-0.39, 0.29) is 29.8 Å². The monoisotopic (exact) mass is 373 g/mol. The Kier molecular flexibility index (Phi) is 5.66. The van der Waals surface area contributed by atoms with Crippen molar-refractivity contribution in [1.29, 1.82) is 0 Å². The molecule has 1 aliphatic rings. The van der Waals surface area contributed by atoms with E-state index < -0.39 is 0 Å². The van der Waals surface area contributed by atoms with Gasteiger partial charge in [-0.2, -0.15) is 0 Å². The summed E-state index contributed by atoms with van der Waals surface area (Å²) in [5.41, 5.74) is 1.35. The molecule has 1 N–H and O–H groups in total. The van der Waals surface area contributed by atoms with E-state index in [0.29, 0.717) is 29.0 Å². The summed E-state index contributed by atoms with van der Waals surface area (Å²) < 4.78 is 7.18. The van der Waals surface area contributed by atoms with Gasteiger partial charge in [0, 0.05) is 18.2 Å². The van der Waals surface area contributed by atoms with Crippen molar-refractivity contribution in [3.8, 4) is 5.75 Å². The van der Waals surface area contributed by atoms with Gasteiger partial charge in [0.15, 0.2) is 5.16 Å². The number of ether oxygens (including phenoxy) is 1. The predicted molar refractivity (Wildman–Crippen MR) is 103 cm³/mol. The lowest BCUT2D eigenvalue weighted by molar-refractivity contribution is -0.116. The molecule has 1 aliphatic heterocycles. The fourth-order valence-electron chi connectivity index (χ4n) is 2.88. The summed E-state index contributed by atoms with van der Waals surface area (Å²) in [5.74, 6) is 1.37. The minimum atomic E-state index is -0.185. The highest BCUT2D eigenvalue weighted by Crippen LogP contribution is 2.33. The van der Waals surface area contributed by atoms with E-state index in [0.717, 1.165) is 5.69 Å². The second kappa shape index (κ2) is 7.95. The van der Waals surface area contributed by atoms with Crippen LogP contribution >= 0.6 is 11.8 Å². The van der Waals surface area contributed by atoms with Gasteiger partial charge in [0.05, 0.1) is 24.0 Å². The predicted octanol–water partition coefficient (Wildman–Crippen LogP) is 3.44. The number of nitrogens with zero attached hydrogens (tertiary/aromatic N) is 2. The fraction of sp³-hybridized carbons (Fsp3) is 0.421. The Bertz CT molecular complexity index is 863. The third-order valence-corrected chi connectivity index (χ3v) is 5.28. The molecule has 1 atom stereocenters. The topological polar surface area (TPSA) is 73.2 Å². The number of para-hydroxylation sites is 2. The normalized spacial score (nSPS) is 15.8. The van der Waals surface area contributed by atoms with Crippen LogP contribution in [0.1, 0.15) is 44.8 Å². The summed E-state index contributed by atoms with van der Waals surface area (Å²) >= 11 is 1.53. The summed E-state index contributed by atoms with van der Waals surface area (Å²) in [4.78, 5) is 29.6. The Balaban J connectivity index is 1.74. The summed E-state index contributed by atoms with van der Waals surface area (Å²) in [6.07, 6.45) is 0.225. The first-order valence-electron chi connectivity index (χ1n) is 8.77. The first-order valence-corrected chi connectivity index (χ1v) is 9.76. The molecule has 26 heavy (non-hydrogen) atoms. The van der Waals surface area contributed by atoms with E-state index in [1.807, 2.05) is 45.0 Å². The van der Waals surface area contributed by atoms with E-state index in [2.05, 4.69) is 10.3 Å². The van der Waals surface area contributed by atoms with Crippen LogP contribution in [0.5, 0.6) is 5.75 Å². The highest BCUT2D eigenvalue weighted by Gasteiger charge is 2.28. The van der Waals surface area contributed by atoms with Gasteiger partial charge in [-0.05, 0) is 25.0 Å². The van der Waals surface area contributed by atoms with Gasteiger partial charge in [-0.1, -0.05) is 37.7 Å². The molecule has 0 fully saturated rings. The molecule has 138 valence electrons. The molecule has 0 radical (unpaired) electrons. The first kappa shape index (κ1) is 18.5. The van der Waals surface area contributed by atoms with Gasteiger partial charge in [-0.3, -0.25) is 14.2 Å². The van der Waals surface area contributed by atoms with Crippen molar-refractivity contribution in [3.63, 3.8) is 0 Å². The molecule has 7 heteroatoms. The lowest BCUT2D eigenvalue weighted by Gasteiger charge is -2.15. The molecule has 0 aliphatic carbocycles. The number of benzene rings is 1.